The van der Waals surface area contributed by atoms with Crippen LogP contribution in [0.25, 0.3) is 0 Å². The predicted molar refractivity (Wildman–Crippen MR) is 152 cm³/mol. The largest absolute Gasteiger partial charge is 0.508 e. The molecule has 6 N–H and O–H groups in total. The van der Waals surface area contributed by atoms with Crippen LogP contribution in [0.15, 0.2) is 66.0 Å². The molecule has 5 rings (SSSR count). The highest BCUT2D eigenvalue weighted by molar-refractivity contribution is 7.09. The minimum Gasteiger partial charge on any atom is -0.508 e. The number of thiophene rings is 1. The number of aliphatic carboxylic acids is 1. The summed E-state index contributed by atoms with van der Waals surface area (Å²) in [6.07, 6.45) is 0.122. The standard InChI is InChI=1S/C29H30N4O8S/c34-19-7-3-17(4-8-19)12-22-28(38)33-24(29(39)40)13-18-5-9-20(10-6-18)41-16-26(36)32-23(14-21-2-1-11-42-21)27(37)30-15-25(35)31-22/h1-11,22-24,34H,12-16H2,(H,30,37)(H,31,35)(H,32,36)(H,33,38)(H,39,40)/t22-,23-,24+/m1/s1. The van der Waals surface area contributed by atoms with Crippen molar-refractivity contribution in [2.75, 3.05) is 13.2 Å². The molecule has 3 atom stereocenters. The molecule has 3 heterocycles. The Labute approximate surface area is 245 Å². The Morgan fingerprint density at radius 2 is 1.55 bits per heavy atom. The Morgan fingerprint density at radius 1 is 0.857 bits per heavy atom. The minimum atomic E-state index is -1.31. The summed E-state index contributed by atoms with van der Waals surface area (Å²) in [5.74, 6) is -3.51. The monoisotopic (exact) mass is 594 g/mol. The number of amides is 4. The second-order valence-corrected chi connectivity index (χ2v) is 10.7. The molecule has 2 aromatic carbocycles. The van der Waals surface area contributed by atoms with Crippen molar-refractivity contribution in [1.29, 1.82) is 0 Å². The van der Waals surface area contributed by atoms with E-state index in [2.05, 4.69) is 21.3 Å². The molecule has 1 aromatic heterocycles. The lowest BCUT2D eigenvalue weighted by atomic mass is 10.0. The summed E-state index contributed by atoms with van der Waals surface area (Å²) in [7, 11) is 0. The first-order valence-electron chi connectivity index (χ1n) is 13.1. The Morgan fingerprint density at radius 3 is 2.21 bits per heavy atom. The van der Waals surface area contributed by atoms with E-state index in [1.165, 1.54) is 23.5 Å². The highest BCUT2D eigenvalue weighted by atomic mass is 32.1. The van der Waals surface area contributed by atoms with Crippen LogP contribution in [0.2, 0.25) is 0 Å². The van der Waals surface area contributed by atoms with Crippen molar-refractivity contribution in [2.45, 2.75) is 37.4 Å². The van der Waals surface area contributed by atoms with Gasteiger partial charge < -0.3 is 36.2 Å². The van der Waals surface area contributed by atoms with E-state index in [-0.39, 0.29) is 31.6 Å². The molecule has 13 heteroatoms. The molecule has 12 nitrogen and oxygen atoms in total. The van der Waals surface area contributed by atoms with Gasteiger partial charge in [-0.15, -0.1) is 11.3 Å². The average molecular weight is 595 g/mol. The fourth-order valence-corrected chi connectivity index (χ4v) is 5.02. The van der Waals surface area contributed by atoms with Crippen LogP contribution >= 0.6 is 11.3 Å². The number of carboxylic acid groups (broad SMARTS) is 1. The van der Waals surface area contributed by atoms with Crippen molar-refractivity contribution >= 4 is 40.9 Å². The fourth-order valence-electron chi connectivity index (χ4n) is 4.27. The number of fused-ring (bicyclic) bond motifs is 16. The molecule has 4 amide bonds. The van der Waals surface area contributed by atoms with Crippen LogP contribution in [0.1, 0.15) is 16.0 Å². The molecule has 0 saturated carbocycles. The molecule has 2 aliphatic rings. The third kappa shape index (κ3) is 8.80. The van der Waals surface area contributed by atoms with Crippen LogP contribution in [0.4, 0.5) is 0 Å². The lowest BCUT2D eigenvalue weighted by Gasteiger charge is -2.22. The summed E-state index contributed by atoms with van der Waals surface area (Å²) in [4.78, 5) is 64.7. The first kappa shape index (κ1) is 30.1. The zero-order chi connectivity index (χ0) is 30.1. The molecule has 0 fully saturated rings. The maximum absolute atomic E-state index is 13.3. The number of carbonyl (C=O) groups excluding carboxylic acids is 4. The Kier molecular flexibility index (Phi) is 10.1. The normalized spacial score (nSPS) is 20.5. The minimum absolute atomic E-state index is 0.0127. The van der Waals surface area contributed by atoms with Gasteiger partial charge >= 0.3 is 5.97 Å². The summed E-state index contributed by atoms with van der Waals surface area (Å²) >= 11 is 1.41. The number of aromatic hydroxyl groups is 1. The van der Waals surface area contributed by atoms with E-state index in [1.807, 2.05) is 17.5 Å². The molecule has 0 aliphatic carbocycles. The number of nitrogens with one attached hydrogen (secondary N) is 4. The smallest absolute Gasteiger partial charge is 0.326 e. The molecule has 2 bridgehead atoms. The summed E-state index contributed by atoms with van der Waals surface area (Å²) in [6.45, 7) is -0.877. The van der Waals surface area contributed by atoms with Gasteiger partial charge in [0.15, 0.2) is 6.61 Å². The van der Waals surface area contributed by atoms with Gasteiger partial charge in [0, 0.05) is 24.1 Å². The van der Waals surface area contributed by atoms with Gasteiger partial charge in [-0.1, -0.05) is 30.3 Å². The number of phenolic OH excluding ortho intramolecular Hbond substituents is 1. The average Bonchev–Trinajstić information content (AvgIpc) is 3.48. The number of hydrogen-bond acceptors (Lipinski definition) is 8. The van der Waals surface area contributed by atoms with Crippen molar-refractivity contribution in [3.63, 3.8) is 0 Å². The number of rotatable bonds is 5. The van der Waals surface area contributed by atoms with Crippen LogP contribution in [0, 0.1) is 0 Å². The SMILES string of the molecule is O=C1COc2ccc(cc2)C[C@@H](C(=O)O)NC(=O)[C@@H](Cc2ccc(O)cc2)NC(=O)CNC(=O)[C@@H](Cc2cccs2)N1. The van der Waals surface area contributed by atoms with Crippen molar-refractivity contribution in [2.24, 2.45) is 0 Å². The second kappa shape index (κ2) is 14.1. The quantitative estimate of drug-likeness (QED) is 0.231. The summed E-state index contributed by atoms with van der Waals surface area (Å²) in [6, 6.07) is 12.5. The van der Waals surface area contributed by atoms with E-state index in [9.17, 15) is 34.2 Å². The van der Waals surface area contributed by atoms with Crippen LogP contribution < -0.4 is 26.0 Å². The number of ether oxygens (including phenoxy) is 1. The molecule has 2 aliphatic heterocycles. The van der Waals surface area contributed by atoms with E-state index < -0.39 is 54.3 Å². The lowest BCUT2D eigenvalue weighted by Crippen LogP contribution is -2.55. The summed E-state index contributed by atoms with van der Waals surface area (Å²) < 4.78 is 5.53. The maximum Gasteiger partial charge on any atom is 0.326 e. The molecule has 0 radical (unpaired) electrons. The highest BCUT2D eigenvalue weighted by Gasteiger charge is 2.28. The second-order valence-electron chi connectivity index (χ2n) is 9.65. The predicted octanol–water partition coefficient (Wildman–Crippen LogP) is 0.529. The maximum atomic E-state index is 13.3. The molecular weight excluding hydrogens is 564 g/mol. The third-order valence-corrected chi connectivity index (χ3v) is 7.33. The van der Waals surface area contributed by atoms with Gasteiger partial charge in [-0.25, -0.2) is 4.79 Å². The van der Waals surface area contributed by atoms with E-state index in [0.29, 0.717) is 16.9 Å². The third-order valence-electron chi connectivity index (χ3n) is 6.44. The zero-order valence-electron chi connectivity index (χ0n) is 22.4. The molecule has 42 heavy (non-hydrogen) atoms. The Balaban J connectivity index is 1.59. The number of hydrogen-bond donors (Lipinski definition) is 6. The first-order valence-corrected chi connectivity index (χ1v) is 14.0. The van der Waals surface area contributed by atoms with E-state index in [0.717, 1.165) is 4.88 Å². The van der Waals surface area contributed by atoms with E-state index >= 15 is 0 Å². The van der Waals surface area contributed by atoms with Crippen LogP contribution in [-0.2, 0) is 43.2 Å². The van der Waals surface area contributed by atoms with Crippen LogP contribution in [0.3, 0.4) is 0 Å². The van der Waals surface area contributed by atoms with Gasteiger partial charge in [0.1, 0.15) is 29.6 Å². The van der Waals surface area contributed by atoms with Gasteiger partial charge in [-0.2, -0.15) is 0 Å². The highest BCUT2D eigenvalue weighted by Crippen LogP contribution is 2.16. The summed E-state index contributed by atoms with van der Waals surface area (Å²) in [5, 5.41) is 31.4. The van der Waals surface area contributed by atoms with Crippen molar-refractivity contribution in [3.05, 3.63) is 82.0 Å². The number of carboxylic acids is 1. The van der Waals surface area contributed by atoms with Gasteiger partial charge in [0.25, 0.3) is 5.91 Å². The molecule has 0 saturated heterocycles. The zero-order valence-corrected chi connectivity index (χ0v) is 23.2. The lowest BCUT2D eigenvalue weighted by molar-refractivity contribution is -0.142. The Bertz CT molecular complexity index is 1410. The van der Waals surface area contributed by atoms with Crippen LogP contribution in [0.5, 0.6) is 11.5 Å². The Hall–Kier alpha value is -4.91. The molecule has 220 valence electrons. The summed E-state index contributed by atoms with van der Waals surface area (Å²) in [5.41, 5.74) is 1.18. The van der Waals surface area contributed by atoms with Crippen molar-refractivity contribution in [1.82, 2.24) is 21.3 Å². The number of phenols is 1. The van der Waals surface area contributed by atoms with Crippen LogP contribution in [-0.4, -0.2) is 71.1 Å². The number of benzene rings is 2. The van der Waals surface area contributed by atoms with E-state index in [1.54, 1.807) is 36.4 Å². The first-order chi connectivity index (χ1) is 20.2. The van der Waals surface area contributed by atoms with Gasteiger partial charge in [0.05, 0.1) is 6.54 Å². The molecular formula is C29H30N4O8S. The topological polar surface area (TPSA) is 183 Å². The van der Waals surface area contributed by atoms with Crippen molar-refractivity contribution in [3.8, 4) is 11.5 Å². The van der Waals surface area contributed by atoms with Gasteiger partial charge in [-0.05, 0) is 46.8 Å². The molecule has 3 aromatic rings. The van der Waals surface area contributed by atoms with Gasteiger partial charge in [0.2, 0.25) is 17.7 Å². The fraction of sp³-hybridized carbons (Fsp3) is 0.276. The molecule has 0 unspecified atom stereocenters. The van der Waals surface area contributed by atoms with Gasteiger partial charge in [-0.3, -0.25) is 19.2 Å². The number of carbonyl (C=O) groups is 5. The van der Waals surface area contributed by atoms with Crippen molar-refractivity contribution < 1.29 is 38.9 Å². The van der Waals surface area contributed by atoms with E-state index in [4.69, 9.17) is 4.74 Å². The molecule has 0 spiro atoms.